The largest absolute Gasteiger partial charge is 0.395 e. The third-order valence-corrected chi connectivity index (χ3v) is 7.47. The SMILES string of the molecule is CCCCc1ccccc1C(=O)Nc1cccc(-c2cn(C)c(=O)c(Nc3ccc(CCN(C)CCO)cc3)n2)c1C. The summed E-state index contributed by atoms with van der Waals surface area (Å²) in [7, 11) is 3.69. The van der Waals surface area contributed by atoms with E-state index < -0.39 is 0 Å². The lowest BCUT2D eigenvalue weighted by atomic mass is 10.0. The fraction of sp³-hybridized carbons (Fsp3) is 0.324. The van der Waals surface area contributed by atoms with E-state index in [4.69, 9.17) is 10.1 Å². The van der Waals surface area contributed by atoms with Gasteiger partial charge in [0.05, 0.1) is 12.3 Å². The molecule has 0 aliphatic rings. The fourth-order valence-corrected chi connectivity index (χ4v) is 4.88. The first kappa shape index (κ1) is 30.7. The molecule has 220 valence electrons. The molecule has 0 fully saturated rings. The molecule has 0 atom stereocenters. The average molecular weight is 568 g/mol. The Balaban J connectivity index is 1.54. The molecule has 42 heavy (non-hydrogen) atoms. The number of amides is 1. The van der Waals surface area contributed by atoms with Gasteiger partial charge < -0.3 is 25.2 Å². The fourth-order valence-electron chi connectivity index (χ4n) is 4.88. The number of rotatable bonds is 13. The van der Waals surface area contributed by atoms with Gasteiger partial charge in [0.25, 0.3) is 11.5 Å². The van der Waals surface area contributed by atoms with Crippen LogP contribution in [0.2, 0.25) is 0 Å². The molecule has 0 unspecified atom stereocenters. The summed E-state index contributed by atoms with van der Waals surface area (Å²) < 4.78 is 1.52. The Bertz CT molecular complexity index is 1560. The summed E-state index contributed by atoms with van der Waals surface area (Å²) in [6.45, 7) is 5.73. The molecule has 1 heterocycles. The molecule has 0 bridgehead atoms. The van der Waals surface area contributed by atoms with E-state index in [0.717, 1.165) is 54.6 Å². The molecule has 0 aliphatic carbocycles. The van der Waals surface area contributed by atoms with Crippen LogP contribution in [0.3, 0.4) is 0 Å². The number of aryl methyl sites for hydroxylation is 2. The number of aliphatic hydroxyl groups excluding tert-OH is 1. The molecule has 8 nitrogen and oxygen atoms in total. The van der Waals surface area contributed by atoms with E-state index in [1.807, 2.05) is 80.7 Å². The minimum absolute atomic E-state index is 0.138. The summed E-state index contributed by atoms with van der Waals surface area (Å²) in [5.74, 6) is 0.0883. The summed E-state index contributed by atoms with van der Waals surface area (Å²) >= 11 is 0. The van der Waals surface area contributed by atoms with Crippen molar-refractivity contribution in [2.45, 2.75) is 39.5 Å². The predicted octanol–water partition coefficient (Wildman–Crippen LogP) is 5.56. The highest BCUT2D eigenvalue weighted by Crippen LogP contribution is 2.28. The van der Waals surface area contributed by atoms with Gasteiger partial charge >= 0.3 is 0 Å². The van der Waals surface area contributed by atoms with Gasteiger partial charge in [0, 0.05) is 48.8 Å². The number of aromatic nitrogens is 2. The number of nitrogens with zero attached hydrogens (tertiary/aromatic N) is 3. The van der Waals surface area contributed by atoms with E-state index in [1.165, 1.54) is 10.1 Å². The van der Waals surface area contributed by atoms with Gasteiger partial charge in [-0.05, 0) is 74.2 Å². The Morgan fingerprint density at radius 1 is 1.00 bits per heavy atom. The highest BCUT2D eigenvalue weighted by atomic mass is 16.3. The van der Waals surface area contributed by atoms with E-state index in [9.17, 15) is 9.59 Å². The summed E-state index contributed by atoms with van der Waals surface area (Å²) in [6, 6.07) is 21.4. The van der Waals surface area contributed by atoms with Crippen LogP contribution in [0, 0.1) is 6.92 Å². The number of hydrogen-bond acceptors (Lipinski definition) is 6. The van der Waals surface area contributed by atoms with Crippen LogP contribution in [0.1, 0.15) is 46.8 Å². The van der Waals surface area contributed by atoms with E-state index in [-0.39, 0.29) is 23.9 Å². The van der Waals surface area contributed by atoms with Gasteiger partial charge in [0.2, 0.25) is 0 Å². The van der Waals surface area contributed by atoms with Crippen molar-refractivity contribution in [3.05, 3.63) is 106 Å². The monoisotopic (exact) mass is 567 g/mol. The molecule has 1 amide bonds. The Kier molecular flexibility index (Phi) is 10.6. The van der Waals surface area contributed by atoms with E-state index in [0.29, 0.717) is 23.5 Å². The van der Waals surface area contributed by atoms with Gasteiger partial charge in [-0.3, -0.25) is 9.59 Å². The van der Waals surface area contributed by atoms with Crippen molar-refractivity contribution >= 4 is 23.1 Å². The summed E-state index contributed by atoms with van der Waals surface area (Å²) in [4.78, 5) is 33.1. The van der Waals surface area contributed by atoms with Crippen LogP contribution in [0.5, 0.6) is 0 Å². The molecule has 1 aromatic heterocycles. The van der Waals surface area contributed by atoms with Crippen molar-refractivity contribution in [1.82, 2.24) is 14.5 Å². The first-order valence-corrected chi connectivity index (χ1v) is 14.5. The second-order valence-electron chi connectivity index (χ2n) is 10.7. The first-order chi connectivity index (χ1) is 20.3. The van der Waals surface area contributed by atoms with Gasteiger partial charge in [-0.1, -0.05) is 55.8 Å². The first-order valence-electron chi connectivity index (χ1n) is 14.5. The minimum atomic E-state index is -0.237. The maximum Gasteiger partial charge on any atom is 0.293 e. The summed E-state index contributed by atoms with van der Waals surface area (Å²) in [6.07, 6.45) is 5.54. The number of carbonyl (C=O) groups excluding carboxylic acids is 1. The number of nitrogens with one attached hydrogen (secondary N) is 2. The number of unbranched alkanes of at least 4 members (excludes halogenated alkanes) is 1. The average Bonchev–Trinajstić information content (AvgIpc) is 2.99. The minimum Gasteiger partial charge on any atom is -0.395 e. The molecule has 0 aliphatic heterocycles. The Hall–Kier alpha value is -4.27. The van der Waals surface area contributed by atoms with Gasteiger partial charge in [-0.2, -0.15) is 0 Å². The second kappa shape index (κ2) is 14.6. The van der Waals surface area contributed by atoms with E-state index >= 15 is 0 Å². The maximum absolute atomic E-state index is 13.3. The summed E-state index contributed by atoms with van der Waals surface area (Å²) in [5.41, 5.74) is 6.45. The smallest absolute Gasteiger partial charge is 0.293 e. The van der Waals surface area contributed by atoms with Gasteiger partial charge in [-0.25, -0.2) is 4.98 Å². The molecular weight excluding hydrogens is 526 g/mol. The van der Waals surface area contributed by atoms with Gasteiger partial charge in [0.1, 0.15) is 0 Å². The number of benzene rings is 3. The molecule has 0 saturated heterocycles. The zero-order valence-electron chi connectivity index (χ0n) is 25.0. The lowest BCUT2D eigenvalue weighted by molar-refractivity contribution is 0.102. The number of anilines is 3. The van der Waals surface area contributed by atoms with Crippen LogP contribution >= 0.6 is 0 Å². The van der Waals surface area contributed by atoms with Crippen LogP contribution in [0.25, 0.3) is 11.3 Å². The normalized spacial score (nSPS) is 11.1. The molecule has 3 N–H and O–H groups in total. The highest BCUT2D eigenvalue weighted by Gasteiger charge is 2.16. The molecular formula is C34H41N5O3. The number of likely N-dealkylation sites (N-methyl/N-ethyl adjacent to an activating group) is 1. The number of aliphatic hydroxyl groups is 1. The lowest BCUT2D eigenvalue weighted by Gasteiger charge is -2.16. The van der Waals surface area contributed by atoms with Crippen LogP contribution in [-0.4, -0.2) is 52.2 Å². The third kappa shape index (κ3) is 7.72. The molecule has 0 radical (unpaired) electrons. The number of carbonyl (C=O) groups is 1. The van der Waals surface area contributed by atoms with Gasteiger partial charge in [0.15, 0.2) is 5.82 Å². The Morgan fingerprint density at radius 2 is 1.76 bits per heavy atom. The van der Waals surface area contributed by atoms with Gasteiger partial charge in [-0.15, -0.1) is 0 Å². The zero-order valence-corrected chi connectivity index (χ0v) is 25.0. The summed E-state index contributed by atoms with van der Waals surface area (Å²) in [5, 5.41) is 15.4. The van der Waals surface area contributed by atoms with Crippen LogP contribution < -0.4 is 16.2 Å². The van der Waals surface area contributed by atoms with Crippen LogP contribution in [0.15, 0.2) is 77.7 Å². The van der Waals surface area contributed by atoms with Crippen molar-refractivity contribution in [2.24, 2.45) is 7.05 Å². The quantitative estimate of drug-likeness (QED) is 0.196. The third-order valence-electron chi connectivity index (χ3n) is 7.47. The van der Waals surface area contributed by atoms with Crippen LogP contribution in [-0.2, 0) is 19.9 Å². The van der Waals surface area contributed by atoms with Crippen molar-refractivity contribution in [3.63, 3.8) is 0 Å². The molecule has 8 heteroatoms. The molecule has 0 spiro atoms. The van der Waals surface area contributed by atoms with E-state index in [2.05, 4.69) is 22.5 Å². The van der Waals surface area contributed by atoms with Crippen molar-refractivity contribution < 1.29 is 9.90 Å². The molecule has 0 saturated carbocycles. The van der Waals surface area contributed by atoms with Crippen molar-refractivity contribution in [3.8, 4) is 11.3 Å². The lowest BCUT2D eigenvalue weighted by Crippen LogP contribution is -2.24. The van der Waals surface area contributed by atoms with Crippen LogP contribution in [0.4, 0.5) is 17.2 Å². The zero-order chi connectivity index (χ0) is 30.1. The standard InChI is InChI=1S/C34H41N5O3/c1-5-6-10-26-11-7-8-12-29(26)33(41)37-30-14-9-13-28(24(30)2)31-23-39(4)34(42)32(36-31)35-27-17-15-25(16-18-27)19-20-38(3)21-22-40/h7-9,11-18,23,40H,5-6,10,19-22H2,1-4H3,(H,35,36)(H,37,41). The molecule has 3 aromatic carbocycles. The van der Waals surface area contributed by atoms with E-state index in [1.54, 1.807) is 13.2 Å². The Morgan fingerprint density at radius 3 is 2.50 bits per heavy atom. The van der Waals surface area contributed by atoms with Crippen molar-refractivity contribution in [1.29, 1.82) is 0 Å². The Labute approximate surface area is 248 Å². The maximum atomic E-state index is 13.3. The molecule has 4 rings (SSSR count). The number of hydrogen-bond donors (Lipinski definition) is 3. The highest BCUT2D eigenvalue weighted by molar-refractivity contribution is 6.06. The van der Waals surface area contributed by atoms with Crippen molar-refractivity contribution in [2.75, 3.05) is 37.4 Å². The topological polar surface area (TPSA) is 99.5 Å². The molecule has 4 aromatic rings. The second-order valence-corrected chi connectivity index (χ2v) is 10.7. The predicted molar refractivity (Wildman–Crippen MR) is 171 cm³/mol.